The van der Waals surface area contributed by atoms with Crippen LogP contribution in [0.5, 0.6) is 0 Å². The minimum Gasteiger partial charge on any atom is -0.387 e. The molecule has 3 heteroatoms. The molecule has 1 aromatic heterocycles. The van der Waals surface area contributed by atoms with Crippen LogP contribution in [0, 0.1) is 5.92 Å². The summed E-state index contributed by atoms with van der Waals surface area (Å²) in [5, 5.41) is 9.73. The molecule has 0 saturated heterocycles. The molecule has 0 amide bonds. The summed E-state index contributed by atoms with van der Waals surface area (Å²) in [6.07, 6.45) is 0.394. The molecule has 1 atom stereocenters. The molecule has 1 aromatic rings. The second-order valence-electron chi connectivity index (χ2n) is 3.79. The molecular formula is C10H18N2O. The molecular weight excluding hydrogens is 164 g/mol. The summed E-state index contributed by atoms with van der Waals surface area (Å²) in [6, 6.07) is 3.81. The van der Waals surface area contributed by atoms with Crippen LogP contribution in [0.1, 0.15) is 37.8 Å². The van der Waals surface area contributed by atoms with Crippen molar-refractivity contribution in [2.75, 3.05) is 0 Å². The molecule has 0 fully saturated rings. The lowest BCUT2D eigenvalue weighted by atomic mass is 10.0. The number of aromatic nitrogens is 1. The van der Waals surface area contributed by atoms with E-state index in [1.165, 1.54) is 0 Å². The van der Waals surface area contributed by atoms with Crippen LogP contribution in [0.15, 0.2) is 12.1 Å². The monoisotopic (exact) mass is 182 g/mol. The Hall–Kier alpha value is -0.800. The summed E-state index contributed by atoms with van der Waals surface area (Å²) in [4.78, 5) is 3.09. The Bertz CT molecular complexity index is 255. The lowest BCUT2D eigenvalue weighted by Crippen LogP contribution is -2.03. The third-order valence-electron chi connectivity index (χ3n) is 2.04. The van der Waals surface area contributed by atoms with E-state index >= 15 is 0 Å². The van der Waals surface area contributed by atoms with Crippen LogP contribution in [-0.4, -0.2) is 10.1 Å². The standard InChI is InChI=1S/C10H18N2O/c1-7(2)5-10(13)9-4-3-8(6-11)12-9/h3-4,7,10,12-13H,5-6,11H2,1-2H3. The Kier molecular flexibility index (Phi) is 3.51. The maximum atomic E-state index is 9.73. The van der Waals surface area contributed by atoms with Gasteiger partial charge in [0.25, 0.3) is 0 Å². The summed E-state index contributed by atoms with van der Waals surface area (Å²) in [6.45, 7) is 4.68. The molecule has 0 aromatic carbocycles. The molecule has 0 aliphatic rings. The molecule has 0 aliphatic carbocycles. The first-order valence-electron chi connectivity index (χ1n) is 4.69. The van der Waals surface area contributed by atoms with Crippen molar-refractivity contribution in [3.05, 3.63) is 23.5 Å². The van der Waals surface area contributed by atoms with Gasteiger partial charge in [0.1, 0.15) is 0 Å². The number of aliphatic hydroxyl groups excluding tert-OH is 1. The van der Waals surface area contributed by atoms with Crippen molar-refractivity contribution in [2.45, 2.75) is 32.9 Å². The van der Waals surface area contributed by atoms with Crippen LogP contribution in [-0.2, 0) is 6.54 Å². The van der Waals surface area contributed by atoms with Crippen molar-refractivity contribution in [3.63, 3.8) is 0 Å². The highest BCUT2D eigenvalue weighted by atomic mass is 16.3. The number of nitrogens with two attached hydrogens (primary N) is 1. The van der Waals surface area contributed by atoms with E-state index in [9.17, 15) is 5.11 Å². The van der Waals surface area contributed by atoms with Gasteiger partial charge in [-0.25, -0.2) is 0 Å². The Morgan fingerprint density at radius 3 is 2.62 bits per heavy atom. The summed E-state index contributed by atoms with van der Waals surface area (Å²) < 4.78 is 0. The minimum atomic E-state index is -0.389. The Morgan fingerprint density at radius 2 is 2.15 bits per heavy atom. The van der Waals surface area contributed by atoms with Crippen LogP contribution in [0.25, 0.3) is 0 Å². The Morgan fingerprint density at radius 1 is 1.46 bits per heavy atom. The molecule has 0 aliphatic heterocycles. The summed E-state index contributed by atoms with van der Waals surface area (Å²) in [7, 11) is 0. The highest BCUT2D eigenvalue weighted by Gasteiger charge is 2.10. The van der Waals surface area contributed by atoms with Crippen molar-refractivity contribution >= 4 is 0 Å². The van der Waals surface area contributed by atoms with Crippen LogP contribution in [0.4, 0.5) is 0 Å². The zero-order valence-electron chi connectivity index (χ0n) is 8.25. The van der Waals surface area contributed by atoms with Crippen molar-refractivity contribution in [1.29, 1.82) is 0 Å². The van der Waals surface area contributed by atoms with E-state index in [1.54, 1.807) is 0 Å². The van der Waals surface area contributed by atoms with E-state index in [4.69, 9.17) is 5.73 Å². The number of hydrogen-bond acceptors (Lipinski definition) is 2. The fraction of sp³-hybridized carbons (Fsp3) is 0.600. The van der Waals surface area contributed by atoms with Gasteiger partial charge in [-0.2, -0.15) is 0 Å². The molecule has 0 radical (unpaired) electrons. The second-order valence-corrected chi connectivity index (χ2v) is 3.79. The van der Waals surface area contributed by atoms with Gasteiger partial charge >= 0.3 is 0 Å². The minimum absolute atomic E-state index is 0.389. The van der Waals surface area contributed by atoms with Crippen molar-refractivity contribution < 1.29 is 5.11 Å². The molecule has 3 nitrogen and oxygen atoms in total. The fourth-order valence-corrected chi connectivity index (χ4v) is 1.35. The number of hydrogen-bond donors (Lipinski definition) is 3. The Balaban J connectivity index is 2.60. The number of H-pyrrole nitrogens is 1. The molecule has 74 valence electrons. The normalized spacial score (nSPS) is 13.6. The van der Waals surface area contributed by atoms with Gasteiger partial charge in [0.2, 0.25) is 0 Å². The van der Waals surface area contributed by atoms with Gasteiger partial charge in [-0.1, -0.05) is 13.8 Å². The predicted octanol–water partition coefficient (Wildman–Crippen LogP) is 1.55. The van der Waals surface area contributed by atoms with Crippen LogP contribution in [0.2, 0.25) is 0 Å². The van der Waals surface area contributed by atoms with E-state index in [1.807, 2.05) is 12.1 Å². The van der Waals surface area contributed by atoms with Crippen molar-refractivity contribution in [2.24, 2.45) is 11.7 Å². The molecule has 13 heavy (non-hydrogen) atoms. The summed E-state index contributed by atoms with van der Waals surface area (Å²) >= 11 is 0. The Labute approximate surface area is 79.0 Å². The number of nitrogens with one attached hydrogen (secondary N) is 1. The van der Waals surface area contributed by atoms with Gasteiger partial charge in [0.15, 0.2) is 0 Å². The van der Waals surface area contributed by atoms with E-state index < -0.39 is 0 Å². The lowest BCUT2D eigenvalue weighted by molar-refractivity contribution is 0.147. The van der Waals surface area contributed by atoms with E-state index in [0.717, 1.165) is 17.8 Å². The maximum Gasteiger partial charge on any atom is 0.0940 e. The zero-order valence-corrected chi connectivity index (χ0v) is 8.25. The van der Waals surface area contributed by atoms with Gasteiger partial charge in [-0.05, 0) is 24.5 Å². The first kappa shape index (κ1) is 10.3. The molecule has 0 saturated carbocycles. The maximum absolute atomic E-state index is 9.73. The third-order valence-corrected chi connectivity index (χ3v) is 2.04. The molecule has 4 N–H and O–H groups in total. The van der Waals surface area contributed by atoms with E-state index in [2.05, 4.69) is 18.8 Å². The van der Waals surface area contributed by atoms with Gasteiger partial charge in [-0.3, -0.25) is 0 Å². The summed E-state index contributed by atoms with van der Waals surface area (Å²) in [5.41, 5.74) is 7.29. The third kappa shape index (κ3) is 2.86. The first-order valence-corrected chi connectivity index (χ1v) is 4.69. The molecule has 1 heterocycles. The van der Waals surface area contributed by atoms with Gasteiger partial charge in [-0.15, -0.1) is 0 Å². The van der Waals surface area contributed by atoms with Crippen molar-refractivity contribution in [1.82, 2.24) is 4.98 Å². The molecule has 1 unspecified atom stereocenters. The van der Waals surface area contributed by atoms with E-state index in [0.29, 0.717) is 12.5 Å². The lowest BCUT2D eigenvalue weighted by Gasteiger charge is -2.11. The van der Waals surface area contributed by atoms with Gasteiger partial charge in [0, 0.05) is 17.9 Å². The summed E-state index contributed by atoms with van der Waals surface area (Å²) in [5.74, 6) is 0.500. The van der Waals surface area contributed by atoms with E-state index in [-0.39, 0.29) is 6.10 Å². The van der Waals surface area contributed by atoms with Gasteiger partial charge in [0.05, 0.1) is 6.10 Å². The first-order chi connectivity index (χ1) is 6.13. The van der Waals surface area contributed by atoms with Gasteiger partial charge < -0.3 is 15.8 Å². The average molecular weight is 182 g/mol. The smallest absolute Gasteiger partial charge is 0.0940 e. The highest BCUT2D eigenvalue weighted by Crippen LogP contribution is 2.19. The molecule has 0 bridgehead atoms. The highest BCUT2D eigenvalue weighted by molar-refractivity contribution is 5.14. The zero-order chi connectivity index (χ0) is 9.84. The second kappa shape index (κ2) is 4.44. The number of aliphatic hydroxyl groups is 1. The quantitative estimate of drug-likeness (QED) is 0.661. The molecule has 0 spiro atoms. The molecule has 1 rings (SSSR count). The van der Waals surface area contributed by atoms with Crippen LogP contribution in [0.3, 0.4) is 0 Å². The van der Waals surface area contributed by atoms with Crippen LogP contribution < -0.4 is 5.73 Å². The average Bonchev–Trinajstić information content (AvgIpc) is 2.50. The topological polar surface area (TPSA) is 62.0 Å². The fourth-order valence-electron chi connectivity index (χ4n) is 1.35. The number of rotatable bonds is 4. The SMILES string of the molecule is CC(C)CC(O)c1ccc(CN)[nH]1. The number of aromatic amines is 1. The van der Waals surface area contributed by atoms with Crippen LogP contribution >= 0.6 is 0 Å². The van der Waals surface area contributed by atoms with Crippen molar-refractivity contribution in [3.8, 4) is 0 Å². The largest absolute Gasteiger partial charge is 0.387 e. The predicted molar refractivity (Wildman–Crippen MR) is 53.1 cm³/mol.